The number of nitrogens with two attached hydrogens (primary N) is 1. The molecule has 0 saturated heterocycles. The number of nitrogens with one attached hydrogen (secondary N) is 1. The van der Waals surface area contributed by atoms with Crippen LogP contribution in [0, 0.1) is 0 Å². The molecule has 82 valence electrons. The number of rotatable bonds is 2. The Balaban J connectivity index is 1.93. The second kappa shape index (κ2) is 4.99. The first-order valence-corrected chi connectivity index (χ1v) is 6.31. The normalized spacial score (nSPS) is 26.3. The molecule has 0 aromatic heterocycles. The maximum absolute atomic E-state index is 5.96. The van der Waals surface area contributed by atoms with Gasteiger partial charge in [0.25, 0.3) is 0 Å². The predicted octanol–water partition coefficient (Wildman–Crippen LogP) is 3.13. The molecule has 0 amide bonds. The third-order valence-electron chi connectivity index (χ3n) is 2.93. The third-order valence-corrected chi connectivity index (χ3v) is 3.46. The summed E-state index contributed by atoms with van der Waals surface area (Å²) >= 11 is 3.43. The Hall–Kier alpha value is -0.540. The molecule has 1 aliphatic carbocycles. The summed E-state index contributed by atoms with van der Waals surface area (Å²) in [5.74, 6) is 0. The van der Waals surface area contributed by atoms with Gasteiger partial charge >= 0.3 is 0 Å². The van der Waals surface area contributed by atoms with Gasteiger partial charge < -0.3 is 11.1 Å². The van der Waals surface area contributed by atoms with Gasteiger partial charge in [0.15, 0.2) is 0 Å². The van der Waals surface area contributed by atoms with Crippen LogP contribution >= 0.6 is 15.9 Å². The van der Waals surface area contributed by atoms with Crippen molar-refractivity contribution in [2.24, 2.45) is 5.73 Å². The highest BCUT2D eigenvalue weighted by Crippen LogP contribution is 2.22. The lowest BCUT2D eigenvalue weighted by Gasteiger charge is -2.28. The average Bonchev–Trinajstić information content (AvgIpc) is 2.22. The largest absolute Gasteiger partial charge is 0.382 e. The fraction of sp³-hybridized carbons (Fsp3) is 0.500. The van der Waals surface area contributed by atoms with E-state index in [0.29, 0.717) is 12.1 Å². The number of benzene rings is 1. The molecule has 1 fully saturated rings. The quantitative estimate of drug-likeness (QED) is 0.865. The Morgan fingerprint density at radius 1 is 1.20 bits per heavy atom. The van der Waals surface area contributed by atoms with E-state index >= 15 is 0 Å². The highest BCUT2D eigenvalue weighted by Gasteiger charge is 2.18. The number of anilines is 1. The molecule has 3 N–H and O–H groups in total. The first-order chi connectivity index (χ1) is 7.24. The number of halogens is 1. The van der Waals surface area contributed by atoms with Gasteiger partial charge in [-0.05, 0) is 49.9 Å². The summed E-state index contributed by atoms with van der Waals surface area (Å²) in [7, 11) is 0. The first kappa shape index (κ1) is 11.0. The van der Waals surface area contributed by atoms with Crippen molar-refractivity contribution in [3.63, 3.8) is 0 Å². The van der Waals surface area contributed by atoms with Gasteiger partial charge in [0, 0.05) is 22.2 Å². The van der Waals surface area contributed by atoms with Gasteiger partial charge in [-0.1, -0.05) is 15.9 Å². The Kier molecular flexibility index (Phi) is 3.65. The van der Waals surface area contributed by atoms with E-state index in [-0.39, 0.29) is 0 Å². The zero-order chi connectivity index (χ0) is 10.7. The summed E-state index contributed by atoms with van der Waals surface area (Å²) in [5.41, 5.74) is 7.15. The zero-order valence-corrected chi connectivity index (χ0v) is 10.3. The van der Waals surface area contributed by atoms with E-state index in [1.165, 1.54) is 24.9 Å². The van der Waals surface area contributed by atoms with Gasteiger partial charge in [0.1, 0.15) is 0 Å². The average molecular weight is 269 g/mol. The van der Waals surface area contributed by atoms with Crippen LogP contribution in [0.4, 0.5) is 5.69 Å². The van der Waals surface area contributed by atoms with E-state index in [0.717, 1.165) is 10.9 Å². The molecule has 0 aliphatic heterocycles. The van der Waals surface area contributed by atoms with Gasteiger partial charge in [0.05, 0.1) is 0 Å². The number of hydrogen-bond donors (Lipinski definition) is 2. The monoisotopic (exact) mass is 268 g/mol. The van der Waals surface area contributed by atoms with Crippen LogP contribution in [0.5, 0.6) is 0 Å². The van der Waals surface area contributed by atoms with Crippen LogP contribution in [0.1, 0.15) is 25.7 Å². The summed E-state index contributed by atoms with van der Waals surface area (Å²) in [4.78, 5) is 0. The van der Waals surface area contributed by atoms with E-state index in [1.807, 2.05) is 0 Å². The van der Waals surface area contributed by atoms with Gasteiger partial charge in [0.2, 0.25) is 0 Å². The molecule has 1 aliphatic rings. The summed E-state index contributed by atoms with van der Waals surface area (Å²) in [6.45, 7) is 0. The van der Waals surface area contributed by atoms with Crippen LogP contribution in [-0.4, -0.2) is 12.1 Å². The molecule has 1 saturated carbocycles. The summed E-state index contributed by atoms with van der Waals surface area (Å²) in [6.07, 6.45) is 4.76. The van der Waals surface area contributed by atoms with Gasteiger partial charge in [-0.2, -0.15) is 0 Å². The maximum atomic E-state index is 5.96. The topological polar surface area (TPSA) is 38.0 Å². The molecule has 2 atom stereocenters. The smallest absolute Gasteiger partial charge is 0.0343 e. The Morgan fingerprint density at radius 3 is 2.60 bits per heavy atom. The molecule has 0 bridgehead atoms. The van der Waals surface area contributed by atoms with Gasteiger partial charge in [-0.3, -0.25) is 0 Å². The van der Waals surface area contributed by atoms with Crippen molar-refractivity contribution in [1.82, 2.24) is 0 Å². The molecule has 0 heterocycles. The highest BCUT2D eigenvalue weighted by atomic mass is 79.9. The molecule has 1 aromatic carbocycles. The van der Waals surface area contributed by atoms with Crippen LogP contribution in [0.2, 0.25) is 0 Å². The summed E-state index contributed by atoms with van der Waals surface area (Å²) in [5, 5.41) is 3.54. The Morgan fingerprint density at radius 2 is 1.93 bits per heavy atom. The van der Waals surface area contributed by atoms with Crippen LogP contribution < -0.4 is 11.1 Å². The highest BCUT2D eigenvalue weighted by molar-refractivity contribution is 9.10. The lowest BCUT2D eigenvalue weighted by atomic mass is 9.91. The SMILES string of the molecule is NC1CCCC(Nc2ccc(Br)cc2)C1. The van der Waals surface area contributed by atoms with Crippen molar-refractivity contribution in [3.05, 3.63) is 28.7 Å². The maximum Gasteiger partial charge on any atom is 0.0343 e. The van der Waals surface area contributed by atoms with E-state index < -0.39 is 0 Å². The lowest BCUT2D eigenvalue weighted by Crippen LogP contribution is -2.34. The van der Waals surface area contributed by atoms with E-state index in [4.69, 9.17) is 5.73 Å². The van der Waals surface area contributed by atoms with Crippen molar-refractivity contribution >= 4 is 21.6 Å². The van der Waals surface area contributed by atoms with Gasteiger partial charge in [-0.25, -0.2) is 0 Å². The molecule has 2 unspecified atom stereocenters. The van der Waals surface area contributed by atoms with Crippen molar-refractivity contribution in [2.45, 2.75) is 37.8 Å². The minimum Gasteiger partial charge on any atom is -0.382 e. The van der Waals surface area contributed by atoms with E-state index in [9.17, 15) is 0 Å². The third kappa shape index (κ3) is 3.21. The van der Waals surface area contributed by atoms with Crippen LogP contribution in [0.25, 0.3) is 0 Å². The first-order valence-electron chi connectivity index (χ1n) is 5.52. The number of hydrogen-bond acceptors (Lipinski definition) is 2. The summed E-state index contributed by atoms with van der Waals surface area (Å²) < 4.78 is 1.12. The van der Waals surface area contributed by atoms with Crippen molar-refractivity contribution in [3.8, 4) is 0 Å². The predicted molar refractivity (Wildman–Crippen MR) is 68.0 cm³/mol. The molecule has 0 spiro atoms. The molecule has 1 aromatic rings. The molecule has 0 radical (unpaired) electrons. The lowest BCUT2D eigenvalue weighted by molar-refractivity contribution is 0.409. The second-order valence-corrected chi connectivity index (χ2v) is 5.19. The van der Waals surface area contributed by atoms with Crippen molar-refractivity contribution in [1.29, 1.82) is 0 Å². The Labute approximate surface area is 99.4 Å². The molecular weight excluding hydrogens is 252 g/mol. The van der Waals surface area contributed by atoms with Crippen LogP contribution in [-0.2, 0) is 0 Å². The molecule has 15 heavy (non-hydrogen) atoms. The van der Waals surface area contributed by atoms with Gasteiger partial charge in [-0.15, -0.1) is 0 Å². The Bertz CT molecular complexity index is 310. The molecular formula is C12H17BrN2. The fourth-order valence-electron chi connectivity index (χ4n) is 2.14. The standard InChI is InChI=1S/C12H17BrN2/c13-9-4-6-11(7-5-9)15-12-3-1-2-10(14)8-12/h4-7,10,12,15H,1-3,8,14H2. The van der Waals surface area contributed by atoms with Crippen LogP contribution in [0.3, 0.4) is 0 Å². The van der Waals surface area contributed by atoms with Crippen molar-refractivity contribution < 1.29 is 0 Å². The molecule has 2 rings (SSSR count). The molecule has 3 heteroatoms. The minimum atomic E-state index is 0.381. The second-order valence-electron chi connectivity index (χ2n) is 4.27. The van der Waals surface area contributed by atoms with E-state index in [2.05, 4.69) is 45.5 Å². The summed E-state index contributed by atoms with van der Waals surface area (Å²) in [6, 6.07) is 9.26. The van der Waals surface area contributed by atoms with Crippen molar-refractivity contribution in [2.75, 3.05) is 5.32 Å². The molecule has 2 nitrogen and oxygen atoms in total. The van der Waals surface area contributed by atoms with Crippen LogP contribution in [0.15, 0.2) is 28.7 Å². The minimum absolute atomic E-state index is 0.381. The van der Waals surface area contributed by atoms with E-state index in [1.54, 1.807) is 0 Å². The zero-order valence-electron chi connectivity index (χ0n) is 8.75. The fourth-order valence-corrected chi connectivity index (χ4v) is 2.40.